The Morgan fingerprint density at radius 1 is 1.13 bits per heavy atom. The van der Waals surface area contributed by atoms with Gasteiger partial charge in [0.2, 0.25) is 0 Å². The van der Waals surface area contributed by atoms with Gasteiger partial charge in [0.1, 0.15) is 4.91 Å². The van der Waals surface area contributed by atoms with Crippen LogP contribution in [0.3, 0.4) is 0 Å². The fourth-order valence-corrected chi connectivity index (χ4v) is 5.08. The normalized spacial score (nSPS) is 17.4. The number of benzene rings is 1. The second-order valence-corrected chi connectivity index (χ2v) is 9.08. The number of carbonyl (C=O) groups excluding carboxylic acids is 1. The molecule has 0 bridgehead atoms. The molecule has 0 fully saturated rings. The van der Waals surface area contributed by atoms with Gasteiger partial charge in [-0.15, -0.1) is 0 Å². The molecule has 2 aliphatic heterocycles. The summed E-state index contributed by atoms with van der Waals surface area (Å²) < 4.78 is 0. The maximum Gasteiger partial charge on any atom is 0.264 e. The van der Waals surface area contributed by atoms with Crippen LogP contribution in [0, 0.1) is 0 Å². The maximum absolute atomic E-state index is 13.1. The Balaban J connectivity index is 1.35. The van der Waals surface area contributed by atoms with E-state index in [9.17, 15) is 4.79 Å². The highest BCUT2D eigenvalue weighted by atomic mass is 32.2. The van der Waals surface area contributed by atoms with Gasteiger partial charge < -0.3 is 10.2 Å². The zero-order chi connectivity index (χ0) is 20.8. The average Bonchev–Trinajstić information content (AvgIpc) is 3.10. The molecule has 0 saturated carbocycles. The van der Waals surface area contributed by atoms with Gasteiger partial charge in [-0.1, -0.05) is 69.4 Å². The maximum atomic E-state index is 13.1. The number of allylic oxidation sites excluding steroid dienone is 3. The number of hydrogen-bond acceptors (Lipinski definition) is 4. The van der Waals surface area contributed by atoms with Gasteiger partial charge >= 0.3 is 0 Å². The quantitative estimate of drug-likeness (QED) is 0.468. The molecule has 0 unspecified atom stereocenters. The van der Waals surface area contributed by atoms with Gasteiger partial charge in [0, 0.05) is 18.8 Å². The molecule has 4 nitrogen and oxygen atoms in total. The fourth-order valence-electron chi connectivity index (χ4n) is 3.98. The summed E-state index contributed by atoms with van der Waals surface area (Å²) in [5.41, 5.74) is 4.33. The number of anilines is 1. The molecule has 0 atom stereocenters. The predicted molar refractivity (Wildman–Crippen MR) is 128 cm³/mol. The highest BCUT2D eigenvalue weighted by molar-refractivity contribution is 8.18. The summed E-state index contributed by atoms with van der Waals surface area (Å²) >= 11 is 1.50. The standard InChI is InChI=1S/C25H31N3OS/c1-2-3-4-5-6-7-10-19-13-15-21(16-14-19)27-24(29)23-22(20-11-8-12-20)28-18-9-17-26-25(28)30-23/h8,11-16H,2-7,9-10,17-18H2,1H3,(H,27,29). The van der Waals surface area contributed by atoms with Crippen LogP contribution in [-0.2, 0) is 11.2 Å². The van der Waals surface area contributed by atoms with E-state index in [1.165, 1.54) is 55.9 Å². The van der Waals surface area contributed by atoms with Crippen molar-refractivity contribution in [3.63, 3.8) is 0 Å². The van der Waals surface area contributed by atoms with Crippen molar-refractivity contribution in [3.8, 4) is 0 Å². The number of carbonyl (C=O) groups is 1. The third kappa shape index (κ3) is 4.89. The molecule has 2 heterocycles. The number of nitrogens with zero attached hydrogens (tertiary/aromatic N) is 2. The first-order valence-corrected chi connectivity index (χ1v) is 12.1. The molecule has 1 aromatic rings. The smallest absolute Gasteiger partial charge is 0.264 e. The van der Waals surface area contributed by atoms with Gasteiger partial charge in [-0.3, -0.25) is 9.79 Å². The van der Waals surface area contributed by atoms with Gasteiger partial charge in [0.25, 0.3) is 5.91 Å². The Morgan fingerprint density at radius 3 is 2.63 bits per heavy atom. The van der Waals surface area contributed by atoms with Crippen molar-refractivity contribution >= 4 is 28.5 Å². The van der Waals surface area contributed by atoms with Crippen molar-refractivity contribution in [2.24, 2.45) is 4.99 Å². The van der Waals surface area contributed by atoms with E-state index in [0.29, 0.717) is 0 Å². The fraction of sp³-hybridized carbons (Fsp3) is 0.440. The van der Waals surface area contributed by atoms with Gasteiger partial charge in [0.05, 0.1) is 5.70 Å². The Kier molecular flexibility index (Phi) is 7.11. The second-order valence-electron chi connectivity index (χ2n) is 8.10. The van der Waals surface area contributed by atoms with Crippen LogP contribution in [0.2, 0.25) is 0 Å². The van der Waals surface area contributed by atoms with Crippen molar-refractivity contribution in [1.29, 1.82) is 0 Å². The summed E-state index contributed by atoms with van der Waals surface area (Å²) in [5, 5.41) is 4.05. The number of unbranched alkanes of at least 4 members (excludes halogenated alkanes) is 5. The monoisotopic (exact) mass is 421 g/mol. The molecule has 1 amide bonds. The Labute approximate surface area is 184 Å². The largest absolute Gasteiger partial charge is 0.321 e. The third-order valence-electron chi connectivity index (χ3n) is 5.76. The SMILES string of the molecule is CCCCCCCCc1ccc(NC(=O)C2=C(C3=CC=C3)N3CCCN=C3S2)cc1. The number of hydrogen-bond donors (Lipinski definition) is 1. The summed E-state index contributed by atoms with van der Waals surface area (Å²) in [4.78, 5) is 20.6. The summed E-state index contributed by atoms with van der Waals surface area (Å²) in [5.74, 6) is -0.0445. The molecule has 0 spiro atoms. The summed E-state index contributed by atoms with van der Waals surface area (Å²) in [6.45, 7) is 4.02. The zero-order valence-electron chi connectivity index (χ0n) is 17.8. The first kappa shape index (κ1) is 21.0. The number of thioether (sulfide) groups is 1. The minimum atomic E-state index is -0.0445. The topological polar surface area (TPSA) is 44.7 Å². The van der Waals surface area contributed by atoms with Crippen LogP contribution in [0.1, 0.15) is 57.4 Å². The van der Waals surface area contributed by atoms with E-state index in [-0.39, 0.29) is 5.91 Å². The van der Waals surface area contributed by atoms with Crippen molar-refractivity contribution in [2.75, 3.05) is 18.4 Å². The molecule has 0 aromatic heterocycles. The molecule has 0 saturated heterocycles. The predicted octanol–water partition coefficient (Wildman–Crippen LogP) is 6.04. The second kappa shape index (κ2) is 10.2. The van der Waals surface area contributed by atoms with Crippen LogP contribution < -0.4 is 5.32 Å². The van der Waals surface area contributed by atoms with Crippen LogP contribution in [0.4, 0.5) is 5.69 Å². The van der Waals surface area contributed by atoms with Gasteiger partial charge in [-0.2, -0.15) is 0 Å². The molecular formula is C25H31N3OS. The molecule has 4 rings (SSSR count). The minimum Gasteiger partial charge on any atom is -0.321 e. The average molecular weight is 422 g/mol. The number of fused-ring (bicyclic) bond motifs is 1. The lowest BCUT2D eigenvalue weighted by molar-refractivity contribution is -0.112. The van der Waals surface area contributed by atoms with E-state index in [2.05, 4.69) is 46.4 Å². The number of aliphatic imine (C=N–C) groups is 1. The molecule has 158 valence electrons. The number of nitrogens with one attached hydrogen (secondary N) is 1. The molecule has 5 heteroatoms. The van der Waals surface area contributed by atoms with Crippen molar-refractivity contribution in [2.45, 2.75) is 58.3 Å². The van der Waals surface area contributed by atoms with Crippen LogP contribution >= 0.6 is 11.8 Å². The summed E-state index contributed by atoms with van der Waals surface area (Å²) in [6, 6.07) is 8.33. The first-order valence-electron chi connectivity index (χ1n) is 11.3. The Morgan fingerprint density at radius 2 is 1.90 bits per heavy atom. The molecule has 1 N–H and O–H groups in total. The molecule has 0 radical (unpaired) electrons. The third-order valence-corrected chi connectivity index (χ3v) is 6.87. The highest BCUT2D eigenvalue weighted by Crippen LogP contribution is 2.41. The highest BCUT2D eigenvalue weighted by Gasteiger charge is 2.36. The van der Waals surface area contributed by atoms with Crippen molar-refractivity contribution in [3.05, 3.63) is 64.2 Å². The molecule has 30 heavy (non-hydrogen) atoms. The van der Waals surface area contributed by atoms with Crippen LogP contribution in [0.5, 0.6) is 0 Å². The Bertz CT molecular complexity index is 895. The molecule has 1 aromatic carbocycles. The summed E-state index contributed by atoms with van der Waals surface area (Å²) in [7, 11) is 0. The number of aryl methyl sites for hydroxylation is 1. The minimum absolute atomic E-state index is 0.0445. The van der Waals surface area contributed by atoms with Crippen molar-refractivity contribution < 1.29 is 4.79 Å². The van der Waals surface area contributed by atoms with Crippen LogP contribution in [-0.4, -0.2) is 29.1 Å². The van der Waals surface area contributed by atoms with Gasteiger partial charge in [-0.25, -0.2) is 0 Å². The van der Waals surface area contributed by atoms with Gasteiger partial charge in [0.15, 0.2) is 5.17 Å². The van der Waals surface area contributed by atoms with E-state index in [1.807, 2.05) is 18.2 Å². The lowest BCUT2D eigenvalue weighted by Crippen LogP contribution is -2.30. The molecule has 3 aliphatic rings. The molecule has 1 aliphatic carbocycles. The van der Waals surface area contributed by atoms with Crippen LogP contribution in [0.25, 0.3) is 0 Å². The van der Waals surface area contributed by atoms with Crippen molar-refractivity contribution in [1.82, 2.24) is 4.90 Å². The van der Waals surface area contributed by atoms with E-state index in [1.54, 1.807) is 0 Å². The van der Waals surface area contributed by atoms with E-state index in [0.717, 1.165) is 53.0 Å². The lowest BCUT2D eigenvalue weighted by Gasteiger charge is -2.26. The Hall–Kier alpha value is -2.27. The van der Waals surface area contributed by atoms with E-state index in [4.69, 9.17) is 0 Å². The van der Waals surface area contributed by atoms with E-state index < -0.39 is 0 Å². The van der Waals surface area contributed by atoms with E-state index >= 15 is 0 Å². The molecular weight excluding hydrogens is 390 g/mol. The first-order chi connectivity index (χ1) is 14.8. The zero-order valence-corrected chi connectivity index (χ0v) is 18.6. The number of amidine groups is 1. The van der Waals surface area contributed by atoms with Crippen LogP contribution in [0.15, 0.2) is 63.7 Å². The summed E-state index contributed by atoms with van der Waals surface area (Å²) in [6.07, 6.45) is 16.2. The number of amides is 1. The lowest BCUT2D eigenvalue weighted by atomic mass is 10.0. The number of rotatable bonds is 10. The van der Waals surface area contributed by atoms with Gasteiger partial charge in [-0.05, 0) is 54.3 Å².